The van der Waals surface area contributed by atoms with Gasteiger partial charge in [-0.15, -0.1) is 0 Å². The standard InChI is InChI=1S/C18H28N2O3S/c1-4-12-19-18(21)17-7-6-13-20(17)24(22,23)16-10-8-15(9-11-16)14(3)5-2/h8-11,14,17H,4-7,12-13H2,1-3H3,(H,19,21)/t14-,17-/m1/s1. The van der Waals surface area contributed by atoms with Crippen molar-refractivity contribution in [2.45, 2.75) is 63.3 Å². The summed E-state index contributed by atoms with van der Waals surface area (Å²) in [5.41, 5.74) is 1.13. The largest absolute Gasteiger partial charge is 0.355 e. The van der Waals surface area contributed by atoms with Gasteiger partial charge >= 0.3 is 0 Å². The van der Waals surface area contributed by atoms with Crippen LogP contribution < -0.4 is 5.32 Å². The fraction of sp³-hybridized carbons (Fsp3) is 0.611. The summed E-state index contributed by atoms with van der Waals surface area (Å²) in [6.07, 6.45) is 3.15. The van der Waals surface area contributed by atoms with Crippen molar-refractivity contribution < 1.29 is 13.2 Å². The topological polar surface area (TPSA) is 66.5 Å². The molecular formula is C18H28N2O3S. The number of carbonyl (C=O) groups is 1. The molecule has 0 aromatic heterocycles. The van der Waals surface area contributed by atoms with Crippen LogP contribution in [0.15, 0.2) is 29.2 Å². The van der Waals surface area contributed by atoms with E-state index in [4.69, 9.17) is 0 Å². The van der Waals surface area contributed by atoms with Gasteiger partial charge in [-0.2, -0.15) is 4.31 Å². The van der Waals surface area contributed by atoms with Crippen molar-refractivity contribution in [3.05, 3.63) is 29.8 Å². The Hall–Kier alpha value is -1.40. The smallest absolute Gasteiger partial charge is 0.243 e. The molecule has 134 valence electrons. The zero-order valence-electron chi connectivity index (χ0n) is 14.8. The van der Waals surface area contributed by atoms with Crippen molar-refractivity contribution in [1.29, 1.82) is 0 Å². The summed E-state index contributed by atoms with van der Waals surface area (Å²) < 4.78 is 27.2. The van der Waals surface area contributed by atoms with Crippen LogP contribution in [0.25, 0.3) is 0 Å². The number of nitrogens with zero attached hydrogens (tertiary/aromatic N) is 1. The molecule has 1 aliphatic rings. The third kappa shape index (κ3) is 3.98. The Labute approximate surface area is 145 Å². The highest BCUT2D eigenvalue weighted by atomic mass is 32.2. The molecule has 1 fully saturated rings. The average Bonchev–Trinajstić information content (AvgIpc) is 3.09. The Morgan fingerprint density at radius 2 is 1.96 bits per heavy atom. The second-order valence-corrected chi connectivity index (χ2v) is 8.33. The highest BCUT2D eigenvalue weighted by molar-refractivity contribution is 7.89. The third-order valence-electron chi connectivity index (χ3n) is 4.72. The second kappa shape index (κ2) is 8.12. The molecule has 0 radical (unpaired) electrons. The molecule has 1 aliphatic heterocycles. The van der Waals surface area contributed by atoms with Crippen LogP contribution in [0.1, 0.15) is 57.9 Å². The summed E-state index contributed by atoms with van der Waals surface area (Å²) in [6, 6.07) is 6.49. The molecule has 1 aromatic rings. The lowest BCUT2D eigenvalue weighted by Crippen LogP contribution is -2.46. The lowest BCUT2D eigenvalue weighted by molar-refractivity contribution is -0.124. The number of hydrogen-bond donors (Lipinski definition) is 1. The van der Waals surface area contributed by atoms with Gasteiger partial charge in [0.1, 0.15) is 6.04 Å². The van der Waals surface area contributed by atoms with Crippen molar-refractivity contribution in [1.82, 2.24) is 9.62 Å². The maximum absolute atomic E-state index is 12.9. The van der Waals surface area contributed by atoms with Crippen LogP contribution in [0.2, 0.25) is 0 Å². The minimum atomic E-state index is -3.63. The number of benzene rings is 1. The van der Waals surface area contributed by atoms with Crippen molar-refractivity contribution in [2.75, 3.05) is 13.1 Å². The van der Waals surface area contributed by atoms with Crippen LogP contribution in [0.3, 0.4) is 0 Å². The van der Waals surface area contributed by atoms with Crippen molar-refractivity contribution >= 4 is 15.9 Å². The quantitative estimate of drug-likeness (QED) is 0.820. The summed E-state index contributed by atoms with van der Waals surface area (Å²) in [4.78, 5) is 12.5. The Morgan fingerprint density at radius 1 is 1.29 bits per heavy atom. The van der Waals surface area contributed by atoms with E-state index >= 15 is 0 Å². The molecule has 0 bridgehead atoms. The summed E-state index contributed by atoms with van der Waals surface area (Å²) in [6.45, 7) is 7.19. The molecule has 5 nitrogen and oxygen atoms in total. The molecule has 0 aliphatic carbocycles. The first-order chi connectivity index (χ1) is 11.4. The van der Waals surface area contributed by atoms with Gasteiger partial charge in [0.05, 0.1) is 4.90 Å². The van der Waals surface area contributed by atoms with Gasteiger partial charge in [0.25, 0.3) is 0 Å². The van der Waals surface area contributed by atoms with Gasteiger partial charge in [0, 0.05) is 13.1 Å². The molecule has 1 saturated heterocycles. The Kier molecular flexibility index (Phi) is 6.40. The molecule has 2 rings (SSSR count). The lowest BCUT2D eigenvalue weighted by atomic mass is 9.99. The summed E-state index contributed by atoms with van der Waals surface area (Å²) in [7, 11) is -3.63. The lowest BCUT2D eigenvalue weighted by Gasteiger charge is -2.23. The Bertz CT molecular complexity index is 655. The third-order valence-corrected chi connectivity index (χ3v) is 6.65. The van der Waals surface area contributed by atoms with Crippen molar-refractivity contribution in [3.63, 3.8) is 0 Å². The summed E-state index contributed by atoms with van der Waals surface area (Å²) >= 11 is 0. The van der Waals surface area contributed by atoms with E-state index in [1.165, 1.54) is 4.31 Å². The van der Waals surface area contributed by atoms with Gasteiger partial charge in [-0.05, 0) is 49.3 Å². The molecule has 1 amide bonds. The van der Waals surface area contributed by atoms with Gasteiger partial charge < -0.3 is 5.32 Å². The number of hydrogen-bond acceptors (Lipinski definition) is 3. The highest BCUT2D eigenvalue weighted by Gasteiger charge is 2.39. The summed E-state index contributed by atoms with van der Waals surface area (Å²) in [5.74, 6) is 0.218. The van der Waals surface area contributed by atoms with E-state index in [0.29, 0.717) is 31.8 Å². The summed E-state index contributed by atoms with van der Waals surface area (Å²) in [5, 5.41) is 2.81. The fourth-order valence-electron chi connectivity index (χ4n) is 3.00. The van der Waals surface area contributed by atoms with Crippen LogP contribution in [-0.2, 0) is 14.8 Å². The molecule has 2 atom stereocenters. The molecule has 1 N–H and O–H groups in total. The van der Waals surface area contributed by atoms with Gasteiger partial charge in [0.15, 0.2) is 0 Å². The van der Waals surface area contributed by atoms with E-state index in [1.807, 2.05) is 19.1 Å². The molecule has 24 heavy (non-hydrogen) atoms. The van der Waals surface area contributed by atoms with Crippen LogP contribution in [0.4, 0.5) is 0 Å². The molecule has 6 heteroatoms. The zero-order valence-corrected chi connectivity index (χ0v) is 15.6. The van der Waals surface area contributed by atoms with E-state index in [-0.39, 0.29) is 10.8 Å². The minimum absolute atomic E-state index is 0.186. The van der Waals surface area contributed by atoms with E-state index in [1.54, 1.807) is 12.1 Å². The average molecular weight is 353 g/mol. The second-order valence-electron chi connectivity index (χ2n) is 6.44. The molecule has 0 saturated carbocycles. The van der Waals surface area contributed by atoms with E-state index in [9.17, 15) is 13.2 Å². The maximum Gasteiger partial charge on any atom is 0.243 e. The first kappa shape index (κ1) is 18.9. The zero-order chi connectivity index (χ0) is 17.7. The fourth-order valence-corrected chi connectivity index (χ4v) is 4.65. The maximum atomic E-state index is 12.9. The van der Waals surface area contributed by atoms with E-state index in [0.717, 1.165) is 18.4 Å². The SMILES string of the molecule is CCCNC(=O)[C@H]1CCCN1S(=O)(=O)c1ccc([C@H](C)CC)cc1. The molecule has 1 heterocycles. The Balaban J connectivity index is 2.20. The predicted molar refractivity (Wildman–Crippen MR) is 95.4 cm³/mol. The van der Waals surface area contributed by atoms with Gasteiger partial charge in [-0.1, -0.05) is 32.9 Å². The van der Waals surface area contributed by atoms with Crippen LogP contribution in [0.5, 0.6) is 0 Å². The normalized spacial score (nSPS) is 20.0. The highest BCUT2D eigenvalue weighted by Crippen LogP contribution is 2.27. The van der Waals surface area contributed by atoms with E-state index in [2.05, 4.69) is 19.2 Å². The minimum Gasteiger partial charge on any atom is -0.355 e. The number of nitrogens with one attached hydrogen (secondary N) is 1. The molecule has 0 unspecified atom stereocenters. The van der Waals surface area contributed by atoms with Crippen LogP contribution in [0, 0.1) is 0 Å². The van der Waals surface area contributed by atoms with Gasteiger partial charge in [0.2, 0.25) is 15.9 Å². The van der Waals surface area contributed by atoms with E-state index < -0.39 is 16.1 Å². The predicted octanol–water partition coefficient (Wildman–Crippen LogP) is 2.88. The Morgan fingerprint density at radius 3 is 2.54 bits per heavy atom. The molecule has 0 spiro atoms. The van der Waals surface area contributed by atoms with Gasteiger partial charge in [-0.25, -0.2) is 8.42 Å². The van der Waals surface area contributed by atoms with Crippen molar-refractivity contribution in [3.8, 4) is 0 Å². The van der Waals surface area contributed by atoms with Crippen molar-refractivity contribution in [2.24, 2.45) is 0 Å². The number of carbonyl (C=O) groups excluding carboxylic acids is 1. The monoisotopic (exact) mass is 352 g/mol. The van der Waals surface area contributed by atoms with Crippen LogP contribution >= 0.6 is 0 Å². The molecule has 1 aromatic carbocycles. The first-order valence-electron chi connectivity index (χ1n) is 8.81. The van der Waals surface area contributed by atoms with Crippen LogP contribution in [-0.4, -0.2) is 37.8 Å². The van der Waals surface area contributed by atoms with Gasteiger partial charge in [-0.3, -0.25) is 4.79 Å². The number of amides is 1. The number of sulfonamides is 1. The number of rotatable bonds is 7. The molecular weight excluding hydrogens is 324 g/mol. The first-order valence-corrected chi connectivity index (χ1v) is 10.2.